The Balaban J connectivity index is 1.33. The van der Waals surface area contributed by atoms with Crippen LogP contribution in [0.25, 0.3) is 0 Å². The third kappa shape index (κ3) is 2.98. The summed E-state index contributed by atoms with van der Waals surface area (Å²) in [5.74, 6) is 0.288. The molecule has 2 N–H and O–H groups in total. The van der Waals surface area contributed by atoms with E-state index in [0.29, 0.717) is 18.3 Å². The molecular formula is C24H25N3O3. The normalized spacial score (nSPS) is 27.7. The smallest absolute Gasteiger partial charge is 0.325 e. The molecule has 0 aromatic heterocycles. The minimum absolute atomic E-state index is 0.101. The molecule has 30 heavy (non-hydrogen) atoms. The minimum Gasteiger partial charge on any atom is -0.347 e. The molecule has 0 bridgehead atoms. The second kappa shape index (κ2) is 6.97. The lowest BCUT2D eigenvalue weighted by atomic mass is 9.92. The van der Waals surface area contributed by atoms with Crippen molar-refractivity contribution in [3.8, 4) is 0 Å². The van der Waals surface area contributed by atoms with E-state index in [-0.39, 0.29) is 24.4 Å². The van der Waals surface area contributed by atoms with E-state index in [1.165, 1.54) is 0 Å². The van der Waals surface area contributed by atoms with E-state index in [9.17, 15) is 14.4 Å². The van der Waals surface area contributed by atoms with Gasteiger partial charge in [0.15, 0.2) is 0 Å². The summed E-state index contributed by atoms with van der Waals surface area (Å²) in [7, 11) is 0. The average molecular weight is 403 g/mol. The standard InChI is InChI=1S/C24H25N3O3/c1-15-13-18(15)21(17-8-3-2-4-9-17)25-20(28)14-27-22(29)24(26-23(27)30)12-11-16-7-5-6-10-19(16)24/h2-10,15,18,21H,11-14H2,1H3,(H,25,28)(H,26,30). The van der Waals surface area contributed by atoms with Crippen LogP contribution in [0.2, 0.25) is 0 Å². The summed E-state index contributed by atoms with van der Waals surface area (Å²) in [5, 5.41) is 5.95. The van der Waals surface area contributed by atoms with E-state index in [1.54, 1.807) is 0 Å². The highest BCUT2D eigenvalue weighted by atomic mass is 16.2. The maximum absolute atomic E-state index is 13.3. The highest BCUT2D eigenvalue weighted by Gasteiger charge is 2.55. The number of carbonyl (C=O) groups is 3. The molecule has 2 aromatic carbocycles. The molecule has 4 atom stereocenters. The second-order valence-electron chi connectivity index (χ2n) is 8.72. The Labute approximate surface area is 175 Å². The third-order valence-corrected chi connectivity index (χ3v) is 6.80. The average Bonchev–Trinajstić information content (AvgIpc) is 3.29. The van der Waals surface area contributed by atoms with Crippen LogP contribution in [0.4, 0.5) is 4.79 Å². The first-order chi connectivity index (χ1) is 14.5. The van der Waals surface area contributed by atoms with Gasteiger partial charge in [-0.3, -0.25) is 14.5 Å². The Morgan fingerprint density at radius 1 is 1.17 bits per heavy atom. The predicted octanol–water partition coefficient (Wildman–Crippen LogP) is 2.89. The fourth-order valence-corrected chi connectivity index (χ4v) is 5.01. The molecule has 1 aliphatic heterocycles. The number of aryl methyl sites for hydroxylation is 1. The van der Waals surface area contributed by atoms with E-state index < -0.39 is 11.6 Å². The zero-order valence-corrected chi connectivity index (χ0v) is 16.9. The maximum Gasteiger partial charge on any atom is 0.325 e. The van der Waals surface area contributed by atoms with Crippen LogP contribution in [0.15, 0.2) is 54.6 Å². The van der Waals surface area contributed by atoms with Crippen molar-refractivity contribution in [3.63, 3.8) is 0 Å². The van der Waals surface area contributed by atoms with Crippen molar-refractivity contribution in [1.82, 2.24) is 15.5 Å². The predicted molar refractivity (Wildman–Crippen MR) is 111 cm³/mol. The number of benzene rings is 2. The Hall–Kier alpha value is -3.15. The number of fused-ring (bicyclic) bond motifs is 2. The Morgan fingerprint density at radius 3 is 2.60 bits per heavy atom. The van der Waals surface area contributed by atoms with Crippen molar-refractivity contribution in [2.45, 2.75) is 37.8 Å². The van der Waals surface area contributed by atoms with Gasteiger partial charge in [-0.05, 0) is 47.8 Å². The Bertz CT molecular complexity index is 1020. The van der Waals surface area contributed by atoms with Crippen molar-refractivity contribution in [3.05, 3.63) is 71.3 Å². The molecule has 4 amide bonds. The van der Waals surface area contributed by atoms with Gasteiger partial charge in [-0.15, -0.1) is 0 Å². The number of urea groups is 1. The summed E-state index contributed by atoms with van der Waals surface area (Å²) in [4.78, 5) is 39.9. The number of nitrogens with one attached hydrogen (secondary N) is 2. The van der Waals surface area contributed by atoms with Gasteiger partial charge in [0.25, 0.3) is 5.91 Å². The monoisotopic (exact) mass is 403 g/mol. The van der Waals surface area contributed by atoms with Crippen molar-refractivity contribution in [2.24, 2.45) is 11.8 Å². The second-order valence-corrected chi connectivity index (χ2v) is 8.72. The van der Waals surface area contributed by atoms with Crippen molar-refractivity contribution < 1.29 is 14.4 Å². The number of nitrogens with zero attached hydrogens (tertiary/aromatic N) is 1. The molecule has 6 nitrogen and oxygen atoms in total. The summed E-state index contributed by atoms with van der Waals surface area (Å²) < 4.78 is 0. The van der Waals surface area contributed by atoms with Gasteiger partial charge in [0.05, 0.1) is 6.04 Å². The van der Waals surface area contributed by atoms with Crippen LogP contribution >= 0.6 is 0 Å². The Morgan fingerprint density at radius 2 is 1.87 bits per heavy atom. The van der Waals surface area contributed by atoms with Gasteiger partial charge >= 0.3 is 6.03 Å². The van der Waals surface area contributed by atoms with Gasteiger partial charge in [0.1, 0.15) is 12.1 Å². The lowest BCUT2D eigenvalue weighted by Crippen LogP contribution is -2.44. The number of amides is 4. The van der Waals surface area contributed by atoms with Crippen molar-refractivity contribution in [2.75, 3.05) is 6.54 Å². The Kier molecular flexibility index (Phi) is 4.38. The lowest BCUT2D eigenvalue weighted by molar-refractivity contribution is -0.135. The van der Waals surface area contributed by atoms with Gasteiger partial charge in [0, 0.05) is 0 Å². The number of hydrogen-bond acceptors (Lipinski definition) is 3. The zero-order chi connectivity index (χ0) is 20.9. The first kappa shape index (κ1) is 18.9. The van der Waals surface area contributed by atoms with Crippen LogP contribution in [-0.2, 0) is 21.5 Å². The molecule has 154 valence electrons. The van der Waals surface area contributed by atoms with Crippen molar-refractivity contribution in [1.29, 1.82) is 0 Å². The summed E-state index contributed by atoms with van der Waals surface area (Å²) >= 11 is 0. The molecule has 6 heteroatoms. The summed E-state index contributed by atoms with van der Waals surface area (Å²) in [6.07, 6.45) is 2.32. The third-order valence-electron chi connectivity index (χ3n) is 6.80. The van der Waals surface area contributed by atoms with Gasteiger partial charge in [0.2, 0.25) is 5.91 Å². The number of imide groups is 1. The molecule has 3 aliphatic rings. The fraction of sp³-hybridized carbons (Fsp3) is 0.375. The first-order valence-electron chi connectivity index (χ1n) is 10.6. The van der Waals surface area contributed by atoms with Crippen LogP contribution in [-0.4, -0.2) is 29.3 Å². The largest absolute Gasteiger partial charge is 0.347 e. The van der Waals surface area contributed by atoms with Gasteiger partial charge in [-0.25, -0.2) is 4.79 Å². The molecule has 1 spiro atoms. The van der Waals surface area contributed by atoms with E-state index in [2.05, 4.69) is 17.6 Å². The number of hydrogen-bond donors (Lipinski definition) is 2. The van der Waals surface area contributed by atoms with Crippen LogP contribution in [0, 0.1) is 11.8 Å². The van der Waals surface area contributed by atoms with Crippen LogP contribution in [0.1, 0.15) is 42.5 Å². The first-order valence-corrected chi connectivity index (χ1v) is 10.6. The summed E-state index contributed by atoms with van der Waals surface area (Å²) in [6, 6.07) is 17.0. The van der Waals surface area contributed by atoms with Crippen LogP contribution < -0.4 is 10.6 Å². The summed E-state index contributed by atoms with van der Waals surface area (Å²) in [6.45, 7) is 1.91. The van der Waals surface area contributed by atoms with Crippen molar-refractivity contribution >= 4 is 17.8 Å². The zero-order valence-electron chi connectivity index (χ0n) is 16.9. The molecule has 2 fully saturated rings. The molecular weight excluding hydrogens is 378 g/mol. The molecule has 2 aliphatic carbocycles. The maximum atomic E-state index is 13.3. The fourth-order valence-electron chi connectivity index (χ4n) is 5.01. The molecule has 0 radical (unpaired) electrons. The molecule has 2 aromatic rings. The topological polar surface area (TPSA) is 78.5 Å². The van der Waals surface area contributed by atoms with Gasteiger partial charge < -0.3 is 10.6 Å². The molecule has 1 heterocycles. The highest BCUT2D eigenvalue weighted by molar-refractivity contribution is 6.09. The summed E-state index contributed by atoms with van der Waals surface area (Å²) in [5.41, 5.74) is 1.95. The van der Waals surface area contributed by atoms with E-state index in [4.69, 9.17) is 0 Å². The molecule has 5 rings (SSSR count). The minimum atomic E-state index is -1.03. The number of rotatable bonds is 5. The van der Waals surface area contributed by atoms with Gasteiger partial charge in [-0.2, -0.15) is 0 Å². The number of carbonyl (C=O) groups excluding carboxylic acids is 3. The quantitative estimate of drug-likeness (QED) is 0.754. The molecule has 1 saturated carbocycles. The van der Waals surface area contributed by atoms with Crippen LogP contribution in [0.3, 0.4) is 0 Å². The lowest BCUT2D eigenvalue weighted by Gasteiger charge is -2.23. The van der Waals surface area contributed by atoms with Gasteiger partial charge in [-0.1, -0.05) is 61.5 Å². The SMILES string of the molecule is CC1CC1C(NC(=O)CN1C(=O)NC2(CCc3ccccc32)C1=O)c1ccccc1. The van der Waals surface area contributed by atoms with E-state index in [0.717, 1.165) is 34.4 Å². The molecule has 4 unspecified atom stereocenters. The van der Waals surface area contributed by atoms with E-state index >= 15 is 0 Å². The molecule has 1 saturated heterocycles. The van der Waals surface area contributed by atoms with E-state index in [1.807, 2.05) is 54.6 Å². The highest BCUT2D eigenvalue weighted by Crippen LogP contribution is 2.47. The van der Waals surface area contributed by atoms with Crippen LogP contribution in [0.5, 0.6) is 0 Å².